The lowest BCUT2D eigenvalue weighted by Gasteiger charge is -2.08. The van der Waals surface area contributed by atoms with Gasteiger partial charge >= 0.3 is 0 Å². The summed E-state index contributed by atoms with van der Waals surface area (Å²) < 4.78 is 1.86. The zero-order valence-electron chi connectivity index (χ0n) is 13.9. The number of pyridine rings is 1. The summed E-state index contributed by atoms with van der Waals surface area (Å²) in [5.41, 5.74) is 3.18. The maximum Gasteiger partial charge on any atom is 0.153 e. The van der Waals surface area contributed by atoms with Crippen LogP contribution in [0.15, 0.2) is 36.7 Å². The van der Waals surface area contributed by atoms with Gasteiger partial charge in [0.15, 0.2) is 5.82 Å². The molecule has 6 heteroatoms. The maximum absolute atomic E-state index is 4.57. The van der Waals surface area contributed by atoms with E-state index in [2.05, 4.69) is 31.4 Å². The van der Waals surface area contributed by atoms with Crippen LogP contribution in [-0.2, 0) is 6.54 Å². The van der Waals surface area contributed by atoms with Crippen molar-refractivity contribution in [3.05, 3.63) is 59.4 Å². The Labute approximate surface area is 141 Å². The molecule has 1 aliphatic rings. The molecule has 24 heavy (non-hydrogen) atoms. The first-order valence-corrected chi connectivity index (χ1v) is 8.24. The molecule has 1 fully saturated rings. The predicted octanol–water partition coefficient (Wildman–Crippen LogP) is 3.16. The summed E-state index contributed by atoms with van der Waals surface area (Å²) in [6.45, 7) is 4.70. The fourth-order valence-electron chi connectivity index (χ4n) is 2.71. The summed E-state index contributed by atoms with van der Waals surface area (Å²) in [5, 5.41) is 7.80. The van der Waals surface area contributed by atoms with Crippen LogP contribution in [0.3, 0.4) is 0 Å². The van der Waals surface area contributed by atoms with E-state index in [1.807, 2.05) is 49.1 Å². The van der Waals surface area contributed by atoms with Gasteiger partial charge in [-0.05, 0) is 50.5 Å². The average molecular weight is 320 g/mol. The molecule has 3 aromatic heterocycles. The van der Waals surface area contributed by atoms with Gasteiger partial charge in [-0.25, -0.2) is 19.6 Å². The van der Waals surface area contributed by atoms with Crippen molar-refractivity contribution in [2.45, 2.75) is 39.2 Å². The highest BCUT2D eigenvalue weighted by atomic mass is 15.3. The lowest BCUT2D eigenvalue weighted by Crippen LogP contribution is -2.06. The van der Waals surface area contributed by atoms with Crippen molar-refractivity contribution in [3.8, 4) is 5.82 Å². The molecular weight excluding hydrogens is 300 g/mol. The standard InChI is InChI=1S/C18H20N6/c1-12-9-13(2)24(23-12)17-6-3-14(11-21-17)10-20-16-7-8-19-18(22-16)15-4-5-15/h3,6-9,11,15H,4-5,10H2,1-2H3,(H,19,20,22). The van der Waals surface area contributed by atoms with Gasteiger partial charge in [0.05, 0.1) is 5.69 Å². The number of rotatable bonds is 5. The van der Waals surface area contributed by atoms with Gasteiger partial charge in [0, 0.05) is 30.6 Å². The molecule has 122 valence electrons. The molecule has 3 aromatic rings. The third-order valence-electron chi connectivity index (χ3n) is 4.13. The molecule has 1 aliphatic carbocycles. The number of hydrogen-bond acceptors (Lipinski definition) is 5. The molecule has 4 rings (SSSR count). The quantitative estimate of drug-likeness (QED) is 0.782. The highest BCUT2D eigenvalue weighted by Crippen LogP contribution is 2.38. The van der Waals surface area contributed by atoms with E-state index in [0.717, 1.165) is 34.4 Å². The Bertz CT molecular complexity index is 848. The fraction of sp³-hybridized carbons (Fsp3) is 0.333. The Balaban J connectivity index is 1.44. The summed E-state index contributed by atoms with van der Waals surface area (Å²) in [6, 6.07) is 8.01. The highest BCUT2D eigenvalue weighted by molar-refractivity contribution is 5.36. The summed E-state index contributed by atoms with van der Waals surface area (Å²) in [5.74, 6) is 3.23. The van der Waals surface area contributed by atoms with Crippen molar-refractivity contribution in [3.63, 3.8) is 0 Å². The van der Waals surface area contributed by atoms with Crippen LogP contribution in [-0.4, -0.2) is 24.7 Å². The summed E-state index contributed by atoms with van der Waals surface area (Å²) in [7, 11) is 0. The van der Waals surface area contributed by atoms with Crippen molar-refractivity contribution in [1.82, 2.24) is 24.7 Å². The van der Waals surface area contributed by atoms with Crippen molar-refractivity contribution in [2.24, 2.45) is 0 Å². The minimum atomic E-state index is 0.563. The van der Waals surface area contributed by atoms with Crippen molar-refractivity contribution >= 4 is 5.82 Å². The minimum Gasteiger partial charge on any atom is -0.366 e. The number of nitrogens with one attached hydrogen (secondary N) is 1. The second-order valence-electron chi connectivity index (χ2n) is 6.29. The molecule has 0 bridgehead atoms. The Kier molecular flexibility index (Phi) is 3.72. The number of hydrogen-bond donors (Lipinski definition) is 1. The zero-order chi connectivity index (χ0) is 16.5. The molecule has 0 atom stereocenters. The number of aromatic nitrogens is 5. The molecule has 0 radical (unpaired) electrons. The van der Waals surface area contributed by atoms with Gasteiger partial charge in [0.2, 0.25) is 0 Å². The van der Waals surface area contributed by atoms with E-state index < -0.39 is 0 Å². The molecule has 0 spiro atoms. The first kappa shape index (κ1) is 14.8. The van der Waals surface area contributed by atoms with Gasteiger partial charge in [-0.15, -0.1) is 0 Å². The topological polar surface area (TPSA) is 68.5 Å². The number of nitrogens with zero attached hydrogens (tertiary/aromatic N) is 5. The summed E-state index contributed by atoms with van der Waals surface area (Å²) in [4.78, 5) is 13.4. The van der Waals surface area contributed by atoms with Crippen LogP contribution in [0.25, 0.3) is 5.82 Å². The highest BCUT2D eigenvalue weighted by Gasteiger charge is 2.26. The summed E-state index contributed by atoms with van der Waals surface area (Å²) >= 11 is 0. The molecule has 0 amide bonds. The van der Waals surface area contributed by atoms with E-state index in [9.17, 15) is 0 Å². The van der Waals surface area contributed by atoms with Crippen LogP contribution >= 0.6 is 0 Å². The molecule has 1 N–H and O–H groups in total. The predicted molar refractivity (Wildman–Crippen MR) is 92.2 cm³/mol. The average Bonchev–Trinajstić information content (AvgIpc) is 3.39. The van der Waals surface area contributed by atoms with Crippen LogP contribution < -0.4 is 5.32 Å². The van der Waals surface area contributed by atoms with Gasteiger partial charge in [-0.1, -0.05) is 6.07 Å². The molecule has 3 heterocycles. The Morgan fingerprint density at radius 3 is 2.71 bits per heavy atom. The van der Waals surface area contributed by atoms with E-state index in [-0.39, 0.29) is 0 Å². The third kappa shape index (κ3) is 3.13. The second-order valence-corrected chi connectivity index (χ2v) is 6.29. The largest absolute Gasteiger partial charge is 0.366 e. The van der Waals surface area contributed by atoms with Crippen LogP contribution in [0, 0.1) is 13.8 Å². The van der Waals surface area contributed by atoms with E-state index in [1.165, 1.54) is 12.8 Å². The Hall–Kier alpha value is -2.76. The van der Waals surface area contributed by atoms with Crippen molar-refractivity contribution < 1.29 is 0 Å². The van der Waals surface area contributed by atoms with Gasteiger partial charge in [-0.3, -0.25) is 0 Å². The van der Waals surface area contributed by atoms with Crippen LogP contribution in [0.1, 0.15) is 41.5 Å². The smallest absolute Gasteiger partial charge is 0.153 e. The monoisotopic (exact) mass is 320 g/mol. The van der Waals surface area contributed by atoms with Crippen LogP contribution in [0.5, 0.6) is 0 Å². The third-order valence-corrected chi connectivity index (χ3v) is 4.13. The fourth-order valence-corrected chi connectivity index (χ4v) is 2.71. The van der Waals surface area contributed by atoms with Gasteiger partial charge in [0.25, 0.3) is 0 Å². The lowest BCUT2D eigenvalue weighted by atomic mass is 10.3. The first-order chi connectivity index (χ1) is 11.7. The summed E-state index contributed by atoms with van der Waals surface area (Å²) in [6.07, 6.45) is 6.12. The normalized spacial score (nSPS) is 13.9. The van der Waals surface area contributed by atoms with Gasteiger partial charge in [0.1, 0.15) is 11.6 Å². The molecule has 6 nitrogen and oxygen atoms in total. The van der Waals surface area contributed by atoms with E-state index in [4.69, 9.17) is 0 Å². The Morgan fingerprint density at radius 2 is 2.04 bits per heavy atom. The number of anilines is 1. The Morgan fingerprint density at radius 1 is 1.17 bits per heavy atom. The maximum atomic E-state index is 4.57. The van der Waals surface area contributed by atoms with Gasteiger partial charge in [-0.2, -0.15) is 5.10 Å². The van der Waals surface area contributed by atoms with Crippen molar-refractivity contribution in [2.75, 3.05) is 5.32 Å². The van der Waals surface area contributed by atoms with E-state index in [0.29, 0.717) is 12.5 Å². The lowest BCUT2D eigenvalue weighted by molar-refractivity contribution is 0.804. The van der Waals surface area contributed by atoms with E-state index >= 15 is 0 Å². The first-order valence-electron chi connectivity index (χ1n) is 8.24. The van der Waals surface area contributed by atoms with Crippen LogP contribution in [0.2, 0.25) is 0 Å². The van der Waals surface area contributed by atoms with Crippen LogP contribution in [0.4, 0.5) is 5.82 Å². The number of aryl methyl sites for hydroxylation is 2. The van der Waals surface area contributed by atoms with Gasteiger partial charge < -0.3 is 5.32 Å². The minimum absolute atomic E-state index is 0.563. The zero-order valence-corrected chi connectivity index (χ0v) is 13.9. The molecular formula is C18H20N6. The molecule has 1 saturated carbocycles. The van der Waals surface area contributed by atoms with Crippen molar-refractivity contribution in [1.29, 1.82) is 0 Å². The molecule has 0 aliphatic heterocycles. The molecule has 0 unspecified atom stereocenters. The molecule has 0 aromatic carbocycles. The second kappa shape index (κ2) is 6.03. The SMILES string of the molecule is Cc1cc(C)n(-c2ccc(CNc3ccnc(C4CC4)n3)cn2)n1. The van der Waals surface area contributed by atoms with E-state index in [1.54, 1.807) is 0 Å². The molecule has 0 saturated heterocycles.